The van der Waals surface area contributed by atoms with E-state index in [1.807, 2.05) is 125 Å². The van der Waals surface area contributed by atoms with Crippen molar-refractivity contribution in [2.24, 2.45) is 0 Å². The largest absolute Gasteiger partial charge is 0.507 e. The molecule has 0 aliphatic heterocycles. The number of unbranched alkanes of at least 4 members (excludes halogenated alkanes) is 12. The molecule has 0 amide bonds. The van der Waals surface area contributed by atoms with Gasteiger partial charge in [-0.3, -0.25) is 14.4 Å². The van der Waals surface area contributed by atoms with Crippen LogP contribution in [0.15, 0.2) is 50.8 Å². The molecule has 0 aliphatic carbocycles. The maximum Gasteiger partial charge on any atom is 0.342 e. The van der Waals surface area contributed by atoms with Crippen molar-refractivity contribution >= 4 is 17.9 Å². The third kappa shape index (κ3) is 20.7. The Kier molecular flexibility index (Phi) is 27.8. The predicted octanol–water partition coefficient (Wildman–Crippen LogP) is 18.7. The minimum absolute atomic E-state index is 0.0251. The van der Waals surface area contributed by atoms with E-state index in [0.717, 1.165) is 71.5 Å². The summed E-state index contributed by atoms with van der Waals surface area (Å²) in [4.78, 5) is 94.0. The molecule has 15 heteroatoms. The molecule has 1 aromatic heterocycles. The lowest BCUT2D eigenvalue weighted by atomic mass is 9.77. The van der Waals surface area contributed by atoms with Crippen molar-refractivity contribution in [2.45, 2.75) is 351 Å². The van der Waals surface area contributed by atoms with Crippen molar-refractivity contribution in [1.29, 1.82) is 0 Å². The van der Waals surface area contributed by atoms with Crippen LogP contribution in [0.1, 0.15) is 368 Å². The van der Waals surface area contributed by atoms with Crippen molar-refractivity contribution in [2.75, 3.05) is 0 Å². The summed E-state index contributed by atoms with van der Waals surface area (Å²) in [6, 6.07) is 10.8. The van der Waals surface area contributed by atoms with Gasteiger partial charge >= 0.3 is 35.0 Å². The standard InChI is InChI=1S/C78H123N3O12/c1-25-28-31-34-37-40-61(91-67(85)49(4)52-43-55(73(7,8)9)64(82)56(44-52)74(10,11)12)79-70(88)80(62(41-38-35-32-29-26-2)92-68(86)50(5)53-45-57(75(13,14)15)65(83)58(46-53)76(16,17)18)72(90)81(71(79)89)63(42-39-36-33-30-27-3)93-69(87)51(6)54-47-59(77(19,20)21)66(84)60(48-54)78(22,23)24/h43-51,61-63,82-84H,25-42H2,1-24H3. The highest BCUT2D eigenvalue weighted by molar-refractivity contribution is 5.80. The Bertz CT molecular complexity index is 2870. The molecule has 4 rings (SSSR count). The Morgan fingerprint density at radius 1 is 0.333 bits per heavy atom. The van der Waals surface area contributed by atoms with Gasteiger partial charge in [0.1, 0.15) is 17.2 Å². The Labute approximate surface area is 558 Å². The molecule has 4 aromatic rings. The number of phenols is 3. The second-order valence-electron chi connectivity index (χ2n) is 32.8. The van der Waals surface area contributed by atoms with Gasteiger partial charge in [0.2, 0.25) is 0 Å². The molecular formula is C78H123N3O12. The van der Waals surface area contributed by atoms with Crippen LogP contribution < -0.4 is 17.1 Å². The molecule has 0 fully saturated rings. The quantitative estimate of drug-likeness (QED) is 0.0253. The van der Waals surface area contributed by atoms with E-state index in [1.165, 1.54) is 0 Å². The van der Waals surface area contributed by atoms with E-state index in [-0.39, 0.29) is 36.5 Å². The van der Waals surface area contributed by atoms with Crippen LogP contribution in [0, 0.1) is 0 Å². The number of rotatable bonds is 30. The molecule has 0 saturated carbocycles. The Hall–Kier alpha value is -6.12. The molecule has 0 saturated heterocycles. The monoisotopic (exact) mass is 1290 g/mol. The summed E-state index contributed by atoms with van der Waals surface area (Å²) in [7, 11) is 0. The number of aromatic nitrogens is 3. The Morgan fingerprint density at radius 2 is 0.505 bits per heavy atom. The Balaban J connectivity index is 2.20. The fourth-order valence-electron chi connectivity index (χ4n) is 12.1. The molecule has 522 valence electrons. The highest BCUT2D eigenvalue weighted by atomic mass is 16.6. The third-order valence-corrected chi connectivity index (χ3v) is 18.3. The molecule has 15 nitrogen and oxygen atoms in total. The van der Waals surface area contributed by atoms with E-state index < -0.39 is 104 Å². The van der Waals surface area contributed by atoms with Gasteiger partial charge in [-0.25, -0.2) is 28.1 Å². The number of hydrogen-bond acceptors (Lipinski definition) is 12. The number of nitrogens with zero attached hydrogens (tertiary/aromatic N) is 3. The van der Waals surface area contributed by atoms with Gasteiger partial charge in [-0.1, -0.05) is 259 Å². The van der Waals surface area contributed by atoms with Crippen LogP contribution in [-0.4, -0.2) is 46.9 Å². The van der Waals surface area contributed by atoms with Crippen LogP contribution in [0.4, 0.5) is 0 Å². The maximum atomic E-state index is 16.1. The lowest BCUT2D eigenvalue weighted by Crippen LogP contribution is -2.58. The summed E-state index contributed by atoms with van der Waals surface area (Å²) in [5.41, 5.74) is -1.33. The molecule has 1 heterocycles. The first-order valence-corrected chi connectivity index (χ1v) is 35.1. The number of carbonyl (C=O) groups is 3. The lowest BCUT2D eigenvalue weighted by molar-refractivity contribution is -0.159. The van der Waals surface area contributed by atoms with E-state index in [1.54, 1.807) is 57.2 Å². The van der Waals surface area contributed by atoms with Crippen LogP contribution in [-0.2, 0) is 61.1 Å². The summed E-state index contributed by atoms with van der Waals surface area (Å²) < 4.78 is 22.1. The first-order valence-electron chi connectivity index (χ1n) is 35.1. The summed E-state index contributed by atoms with van der Waals surface area (Å²) in [6.07, 6.45) is 6.25. The third-order valence-electron chi connectivity index (χ3n) is 18.3. The minimum Gasteiger partial charge on any atom is -0.507 e. The van der Waals surface area contributed by atoms with Crippen molar-refractivity contribution in [3.8, 4) is 17.2 Å². The number of aromatic hydroxyl groups is 3. The number of ether oxygens (including phenoxy) is 3. The average molecular weight is 1290 g/mol. The normalized spacial score (nSPS) is 14.7. The van der Waals surface area contributed by atoms with Gasteiger partial charge < -0.3 is 29.5 Å². The van der Waals surface area contributed by atoms with Crippen molar-refractivity contribution < 1.29 is 43.9 Å². The highest BCUT2D eigenvalue weighted by Gasteiger charge is 2.38. The molecule has 93 heavy (non-hydrogen) atoms. The number of carbonyl (C=O) groups excluding carboxylic acids is 3. The molecule has 3 N–H and O–H groups in total. The van der Waals surface area contributed by atoms with E-state index in [4.69, 9.17) is 14.2 Å². The van der Waals surface area contributed by atoms with Crippen LogP contribution in [0.2, 0.25) is 0 Å². The zero-order valence-corrected chi connectivity index (χ0v) is 62.0. The topological polar surface area (TPSA) is 206 Å². The van der Waals surface area contributed by atoms with Gasteiger partial charge in [-0.15, -0.1) is 0 Å². The molecule has 0 radical (unpaired) electrons. The smallest absolute Gasteiger partial charge is 0.342 e. The molecule has 0 bridgehead atoms. The summed E-state index contributed by atoms with van der Waals surface area (Å²) >= 11 is 0. The average Bonchev–Trinajstić information content (AvgIpc) is 0.772. The summed E-state index contributed by atoms with van der Waals surface area (Å²) in [6.45, 7) is 46.9. The van der Waals surface area contributed by atoms with E-state index in [9.17, 15) is 15.3 Å². The van der Waals surface area contributed by atoms with Gasteiger partial charge in [-0.05, 0) is 123 Å². The predicted molar refractivity (Wildman–Crippen MR) is 377 cm³/mol. The molecular weight excluding hydrogens is 1170 g/mol. The summed E-state index contributed by atoms with van der Waals surface area (Å²) in [5.74, 6) is -4.92. The second-order valence-corrected chi connectivity index (χ2v) is 32.8. The van der Waals surface area contributed by atoms with Crippen molar-refractivity contribution in [3.63, 3.8) is 0 Å². The van der Waals surface area contributed by atoms with Gasteiger partial charge in [0.05, 0.1) is 17.8 Å². The Morgan fingerprint density at radius 3 is 0.667 bits per heavy atom. The minimum atomic E-state index is -1.62. The first kappa shape index (κ1) is 79.3. The van der Waals surface area contributed by atoms with Gasteiger partial charge in [-0.2, -0.15) is 0 Å². The van der Waals surface area contributed by atoms with Gasteiger partial charge in [0.15, 0.2) is 18.7 Å². The van der Waals surface area contributed by atoms with Gasteiger partial charge in [0.25, 0.3) is 0 Å². The zero-order valence-electron chi connectivity index (χ0n) is 62.0. The number of benzene rings is 3. The summed E-state index contributed by atoms with van der Waals surface area (Å²) in [5, 5.41) is 35.2. The van der Waals surface area contributed by atoms with Crippen LogP contribution >= 0.6 is 0 Å². The van der Waals surface area contributed by atoms with Crippen LogP contribution in [0.3, 0.4) is 0 Å². The number of esters is 3. The van der Waals surface area contributed by atoms with E-state index in [0.29, 0.717) is 88.6 Å². The number of phenolic OH excluding ortho intramolecular Hbond substituents is 3. The zero-order chi connectivity index (χ0) is 70.7. The van der Waals surface area contributed by atoms with E-state index in [2.05, 4.69) is 20.8 Å². The fraction of sp³-hybridized carbons (Fsp3) is 0.692. The van der Waals surface area contributed by atoms with Crippen LogP contribution in [0.25, 0.3) is 0 Å². The SMILES string of the molecule is CCCCCCCC(OC(=O)C(C)c1cc(C(C)(C)C)c(O)c(C(C)(C)C)c1)n1c(=O)n(C(CCCCCCC)OC(=O)C(C)c2cc(C(C)(C)C)c(O)c(C(C)(C)C)c2)c(=O)n(C(CCCCCCC)OC(=O)C(C)c2cc(C(C)(C)C)c(O)c(C(C)(C)C)c2)c1=O. The van der Waals surface area contributed by atoms with Crippen molar-refractivity contribution in [3.05, 3.63) is 118 Å². The highest BCUT2D eigenvalue weighted by Crippen LogP contribution is 2.45. The molecule has 6 unspecified atom stereocenters. The second kappa shape index (κ2) is 32.5. The van der Waals surface area contributed by atoms with Crippen LogP contribution in [0.5, 0.6) is 17.2 Å². The molecule has 6 atom stereocenters. The number of hydrogen-bond donors (Lipinski definition) is 3. The van der Waals surface area contributed by atoms with E-state index >= 15 is 28.8 Å². The fourth-order valence-corrected chi connectivity index (χ4v) is 12.1. The molecule has 0 aliphatic rings. The lowest BCUT2D eigenvalue weighted by Gasteiger charge is -2.30. The van der Waals surface area contributed by atoms with Gasteiger partial charge in [0, 0.05) is 19.3 Å². The molecule has 0 spiro atoms. The first-order chi connectivity index (χ1) is 42.9. The maximum absolute atomic E-state index is 16.1. The molecule has 3 aromatic carbocycles. The van der Waals surface area contributed by atoms with Crippen molar-refractivity contribution in [1.82, 2.24) is 13.7 Å².